The highest BCUT2D eigenvalue weighted by Gasteiger charge is 2.60. The van der Waals surface area contributed by atoms with Crippen LogP contribution in [0.5, 0.6) is 5.75 Å². The van der Waals surface area contributed by atoms with Gasteiger partial charge < -0.3 is 15.4 Å². The number of para-hydroxylation sites is 1. The molecule has 150 valence electrons. The molecule has 29 heavy (non-hydrogen) atoms. The van der Waals surface area contributed by atoms with E-state index in [1.165, 1.54) is 0 Å². The standard InChI is InChI=1S/C24H26N2O3/c1-14-10-11-15(2)18(13-14)25-22(27)21-20-16-7-3-4-9-19(16)29-24(26-23(21)28)12-6-5-8-17(20)24/h3-4,7,9-11,13,17,20-21H,5-6,8,12H2,1-2H3,(H,25,27)(H,26,28)/t17-,20+,21-,24+/m1/s1. The van der Waals surface area contributed by atoms with Crippen molar-refractivity contribution in [1.29, 1.82) is 0 Å². The van der Waals surface area contributed by atoms with Crippen molar-refractivity contribution < 1.29 is 14.3 Å². The fraction of sp³-hybridized carbons (Fsp3) is 0.417. The van der Waals surface area contributed by atoms with Crippen LogP contribution in [-0.2, 0) is 9.59 Å². The third-order valence-electron chi connectivity index (χ3n) is 6.83. The predicted molar refractivity (Wildman–Crippen MR) is 111 cm³/mol. The van der Waals surface area contributed by atoms with E-state index in [-0.39, 0.29) is 23.7 Å². The zero-order chi connectivity index (χ0) is 20.2. The number of nitrogens with one attached hydrogen (secondary N) is 2. The maximum Gasteiger partial charge on any atom is 0.237 e. The Balaban J connectivity index is 1.56. The van der Waals surface area contributed by atoms with Crippen molar-refractivity contribution in [2.75, 3.05) is 5.32 Å². The summed E-state index contributed by atoms with van der Waals surface area (Å²) in [6, 6.07) is 13.8. The van der Waals surface area contributed by atoms with Gasteiger partial charge in [-0.15, -0.1) is 0 Å². The first-order valence-corrected chi connectivity index (χ1v) is 10.5. The zero-order valence-electron chi connectivity index (χ0n) is 16.8. The summed E-state index contributed by atoms with van der Waals surface area (Å²) in [7, 11) is 0. The Morgan fingerprint density at radius 2 is 2.00 bits per heavy atom. The largest absolute Gasteiger partial charge is 0.467 e. The predicted octanol–water partition coefficient (Wildman–Crippen LogP) is 4.05. The molecule has 0 spiro atoms. The Morgan fingerprint density at radius 3 is 2.86 bits per heavy atom. The van der Waals surface area contributed by atoms with Gasteiger partial charge in [0.15, 0.2) is 5.72 Å². The second-order valence-electron chi connectivity index (χ2n) is 8.68. The summed E-state index contributed by atoms with van der Waals surface area (Å²) in [5.74, 6) is -0.503. The number of fused-ring (bicyclic) bond motifs is 2. The van der Waals surface area contributed by atoms with Crippen molar-refractivity contribution in [3.63, 3.8) is 0 Å². The van der Waals surface area contributed by atoms with Crippen LogP contribution in [-0.4, -0.2) is 17.5 Å². The van der Waals surface area contributed by atoms with Gasteiger partial charge in [0.2, 0.25) is 11.8 Å². The molecule has 1 saturated carbocycles. The van der Waals surface area contributed by atoms with Gasteiger partial charge in [0.25, 0.3) is 0 Å². The zero-order valence-corrected chi connectivity index (χ0v) is 16.8. The number of amides is 2. The lowest BCUT2D eigenvalue weighted by molar-refractivity contribution is -0.160. The molecule has 4 atom stereocenters. The molecule has 2 aliphatic heterocycles. The summed E-state index contributed by atoms with van der Waals surface area (Å²) >= 11 is 0. The molecule has 0 aromatic heterocycles. The van der Waals surface area contributed by atoms with Crippen LogP contribution in [0.25, 0.3) is 0 Å². The lowest BCUT2D eigenvalue weighted by Crippen LogP contribution is -2.69. The number of carbonyl (C=O) groups is 2. The van der Waals surface area contributed by atoms with Crippen molar-refractivity contribution in [2.45, 2.75) is 51.2 Å². The number of aryl methyl sites for hydroxylation is 2. The van der Waals surface area contributed by atoms with E-state index in [2.05, 4.69) is 10.6 Å². The highest BCUT2D eigenvalue weighted by atomic mass is 16.5. The van der Waals surface area contributed by atoms with Crippen LogP contribution in [0, 0.1) is 25.7 Å². The van der Waals surface area contributed by atoms with Gasteiger partial charge in [-0.25, -0.2) is 0 Å². The van der Waals surface area contributed by atoms with Crippen molar-refractivity contribution in [2.24, 2.45) is 11.8 Å². The average molecular weight is 390 g/mol. The topological polar surface area (TPSA) is 67.4 Å². The van der Waals surface area contributed by atoms with Gasteiger partial charge in [0.05, 0.1) is 0 Å². The number of carbonyl (C=O) groups excluding carboxylic acids is 2. The quantitative estimate of drug-likeness (QED) is 0.760. The van der Waals surface area contributed by atoms with Gasteiger partial charge in [0, 0.05) is 23.9 Å². The van der Waals surface area contributed by atoms with Crippen LogP contribution in [0.4, 0.5) is 5.69 Å². The Labute approximate surface area is 170 Å². The first-order chi connectivity index (χ1) is 14.0. The van der Waals surface area contributed by atoms with Crippen molar-refractivity contribution >= 4 is 17.5 Å². The van der Waals surface area contributed by atoms with Crippen LogP contribution in [0.3, 0.4) is 0 Å². The Morgan fingerprint density at radius 1 is 1.17 bits per heavy atom. The van der Waals surface area contributed by atoms with Crippen LogP contribution in [0.2, 0.25) is 0 Å². The minimum absolute atomic E-state index is 0.109. The summed E-state index contributed by atoms with van der Waals surface area (Å²) < 4.78 is 6.38. The minimum Gasteiger partial charge on any atom is -0.467 e. The molecular formula is C24H26N2O3. The van der Waals surface area contributed by atoms with E-state index in [0.29, 0.717) is 0 Å². The third-order valence-corrected chi connectivity index (χ3v) is 6.83. The fourth-order valence-electron chi connectivity index (χ4n) is 5.43. The first kappa shape index (κ1) is 18.2. The van der Waals surface area contributed by atoms with Crippen LogP contribution < -0.4 is 15.4 Å². The number of rotatable bonds is 2. The van der Waals surface area contributed by atoms with Gasteiger partial charge in [-0.05, 0) is 55.5 Å². The average Bonchev–Trinajstić information content (AvgIpc) is 2.69. The second-order valence-corrected chi connectivity index (χ2v) is 8.68. The number of hydrogen-bond donors (Lipinski definition) is 2. The van der Waals surface area contributed by atoms with E-state index >= 15 is 0 Å². The molecule has 2 fully saturated rings. The first-order valence-electron chi connectivity index (χ1n) is 10.5. The molecule has 2 bridgehead atoms. The normalized spacial score (nSPS) is 29.7. The molecule has 2 aromatic carbocycles. The van der Waals surface area contributed by atoms with E-state index in [1.54, 1.807) is 0 Å². The Hall–Kier alpha value is -2.82. The highest BCUT2D eigenvalue weighted by Crippen LogP contribution is 2.55. The molecule has 1 saturated heterocycles. The van der Waals surface area contributed by atoms with E-state index in [9.17, 15) is 9.59 Å². The summed E-state index contributed by atoms with van der Waals surface area (Å²) in [5.41, 5.74) is 3.13. The van der Waals surface area contributed by atoms with E-state index in [0.717, 1.165) is 53.8 Å². The van der Waals surface area contributed by atoms with Crippen molar-refractivity contribution in [3.8, 4) is 5.75 Å². The maximum atomic E-state index is 13.4. The Kier molecular flexibility index (Phi) is 4.16. The van der Waals surface area contributed by atoms with Gasteiger partial charge in [0.1, 0.15) is 11.7 Å². The van der Waals surface area contributed by atoms with Crippen molar-refractivity contribution in [3.05, 3.63) is 59.2 Å². The van der Waals surface area contributed by atoms with Gasteiger partial charge >= 0.3 is 0 Å². The lowest BCUT2D eigenvalue weighted by atomic mass is 9.62. The van der Waals surface area contributed by atoms with E-state index in [4.69, 9.17) is 4.74 Å². The lowest BCUT2D eigenvalue weighted by Gasteiger charge is -2.56. The fourth-order valence-corrected chi connectivity index (χ4v) is 5.43. The number of ether oxygens (including phenoxy) is 1. The summed E-state index contributed by atoms with van der Waals surface area (Å²) in [6.07, 6.45) is 3.85. The molecule has 3 aliphatic rings. The summed E-state index contributed by atoms with van der Waals surface area (Å²) in [5, 5.41) is 6.16. The van der Waals surface area contributed by atoms with Crippen LogP contribution in [0.15, 0.2) is 42.5 Å². The molecule has 0 radical (unpaired) electrons. The number of benzene rings is 2. The summed E-state index contributed by atoms with van der Waals surface area (Å²) in [4.78, 5) is 26.6. The molecule has 2 N–H and O–H groups in total. The molecule has 5 rings (SSSR count). The van der Waals surface area contributed by atoms with Crippen LogP contribution in [0.1, 0.15) is 48.3 Å². The Bertz CT molecular complexity index is 1000. The van der Waals surface area contributed by atoms with E-state index < -0.39 is 11.6 Å². The number of anilines is 1. The van der Waals surface area contributed by atoms with Gasteiger partial charge in [-0.1, -0.05) is 36.8 Å². The second kappa shape index (κ2) is 6.61. The van der Waals surface area contributed by atoms with Gasteiger partial charge in [-0.2, -0.15) is 0 Å². The molecule has 5 nitrogen and oxygen atoms in total. The molecule has 2 heterocycles. The number of piperidine rings is 1. The molecule has 2 aromatic rings. The van der Waals surface area contributed by atoms with Crippen molar-refractivity contribution in [1.82, 2.24) is 5.32 Å². The monoisotopic (exact) mass is 390 g/mol. The minimum atomic E-state index is -0.767. The maximum absolute atomic E-state index is 13.4. The van der Waals surface area contributed by atoms with E-state index in [1.807, 2.05) is 56.3 Å². The molecule has 2 amide bonds. The summed E-state index contributed by atoms with van der Waals surface area (Å²) in [6.45, 7) is 3.96. The van der Waals surface area contributed by atoms with Gasteiger partial charge in [-0.3, -0.25) is 9.59 Å². The smallest absolute Gasteiger partial charge is 0.237 e. The third kappa shape index (κ3) is 2.83. The highest BCUT2D eigenvalue weighted by molar-refractivity contribution is 6.08. The molecular weight excluding hydrogens is 364 g/mol. The number of hydrogen-bond acceptors (Lipinski definition) is 3. The molecule has 1 aliphatic carbocycles. The molecule has 0 unspecified atom stereocenters. The SMILES string of the molecule is Cc1ccc(C)c(NC(=O)[C@@H]2C(=O)N[C@]34CCCC[C@@H]3[C@@H]2c2ccccc2O4)c1. The molecule has 5 heteroatoms. The van der Waals surface area contributed by atoms with Crippen LogP contribution >= 0.6 is 0 Å².